The zero-order chi connectivity index (χ0) is 23.8. The summed E-state index contributed by atoms with van der Waals surface area (Å²) >= 11 is 1.34. The molecule has 4 aromatic heterocycles. The minimum absolute atomic E-state index is 0.0737. The van der Waals surface area contributed by atoms with E-state index in [0.717, 1.165) is 46.5 Å². The Morgan fingerprint density at radius 1 is 1.31 bits per heavy atom. The fourth-order valence-corrected chi connectivity index (χ4v) is 5.31. The third kappa shape index (κ3) is 3.96. The van der Waals surface area contributed by atoms with Gasteiger partial charge in [0.05, 0.1) is 46.4 Å². The molecule has 0 radical (unpaired) electrons. The van der Waals surface area contributed by atoms with E-state index in [0.29, 0.717) is 48.3 Å². The summed E-state index contributed by atoms with van der Waals surface area (Å²) in [6.45, 7) is 1.78. The molecule has 1 atom stereocenters. The van der Waals surface area contributed by atoms with Crippen molar-refractivity contribution in [2.45, 2.75) is 25.4 Å². The number of nitrogens with one attached hydrogen (secondary N) is 3. The number of pyridine rings is 2. The molecule has 6 heterocycles. The average molecular weight is 493 g/mol. The molecule has 1 unspecified atom stereocenters. The van der Waals surface area contributed by atoms with Crippen LogP contribution in [0.5, 0.6) is 11.6 Å². The highest BCUT2D eigenvalue weighted by Crippen LogP contribution is 2.42. The lowest BCUT2D eigenvalue weighted by molar-refractivity contribution is 0.0680. The molecule has 1 fully saturated rings. The summed E-state index contributed by atoms with van der Waals surface area (Å²) in [5.74, 6) is 1.52. The molecule has 0 spiro atoms. The number of aromatic amines is 1. The van der Waals surface area contributed by atoms with E-state index in [1.54, 1.807) is 25.7 Å². The zero-order valence-corrected chi connectivity index (χ0v) is 19.9. The molecular formula is C24H24N6O4S. The minimum atomic E-state index is -0.142. The second-order valence-corrected chi connectivity index (χ2v) is 9.21. The summed E-state index contributed by atoms with van der Waals surface area (Å²) in [5.41, 5.74) is 3.59. The van der Waals surface area contributed by atoms with Gasteiger partial charge in [0.2, 0.25) is 5.88 Å². The molecule has 180 valence electrons. The van der Waals surface area contributed by atoms with Crippen molar-refractivity contribution in [1.82, 2.24) is 24.6 Å². The van der Waals surface area contributed by atoms with Crippen molar-refractivity contribution in [1.29, 1.82) is 0 Å². The molecule has 1 amide bonds. The van der Waals surface area contributed by atoms with Gasteiger partial charge in [-0.2, -0.15) is 4.37 Å². The van der Waals surface area contributed by atoms with E-state index in [2.05, 4.69) is 30.0 Å². The maximum absolute atomic E-state index is 13.0. The molecule has 2 aliphatic rings. The Bertz CT molecular complexity index is 1390. The van der Waals surface area contributed by atoms with Crippen molar-refractivity contribution in [3.8, 4) is 22.9 Å². The summed E-state index contributed by atoms with van der Waals surface area (Å²) in [6, 6.07) is 3.77. The molecule has 6 rings (SSSR count). The lowest BCUT2D eigenvalue weighted by Gasteiger charge is -2.16. The lowest BCUT2D eigenvalue weighted by Crippen LogP contribution is -2.31. The second-order valence-electron chi connectivity index (χ2n) is 8.40. The molecule has 0 saturated carbocycles. The number of hydrogen-bond donors (Lipinski definition) is 3. The predicted molar refractivity (Wildman–Crippen MR) is 132 cm³/mol. The average Bonchev–Trinajstić information content (AvgIpc) is 3.63. The molecule has 35 heavy (non-hydrogen) atoms. The molecule has 4 aromatic rings. The highest BCUT2D eigenvalue weighted by atomic mass is 32.1. The minimum Gasteiger partial charge on any atom is -0.489 e. The number of anilines is 2. The molecule has 0 bridgehead atoms. The van der Waals surface area contributed by atoms with Crippen molar-refractivity contribution in [3.63, 3.8) is 0 Å². The fraction of sp³-hybridized carbons (Fsp3) is 0.333. The fourth-order valence-electron chi connectivity index (χ4n) is 4.59. The maximum atomic E-state index is 13.0. The van der Waals surface area contributed by atoms with Gasteiger partial charge in [0.25, 0.3) is 5.91 Å². The summed E-state index contributed by atoms with van der Waals surface area (Å²) < 4.78 is 22.9. The number of methoxy groups -OCH3 is 1. The number of fused-ring (bicyclic) bond motifs is 2. The number of amides is 1. The van der Waals surface area contributed by atoms with Gasteiger partial charge in [-0.25, -0.2) is 4.98 Å². The van der Waals surface area contributed by atoms with E-state index >= 15 is 0 Å². The first kappa shape index (κ1) is 21.8. The first-order chi connectivity index (χ1) is 17.2. The van der Waals surface area contributed by atoms with E-state index in [1.807, 2.05) is 12.1 Å². The van der Waals surface area contributed by atoms with Gasteiger partial charge in [-0.3, -0.25) is 9.78 Å². The summed E-state index contributed by atoms with van der Waals surface area (Å²) in [6.07, 6.45) is 7.88. The lowest BCUT2D eigenvalue weighted by atomic mass is 10.1. The molecule has 2 aliphatic heterocycles. The molecule has 1 saturated heterocycles. The van der Waals surface area contributed by atoms with Crippen LogP contribution in [0.25, 0.3) is 21.3 Å². The maximum Gasteiger partial charge on any atom is 0.255 e. The highest BCUT2D eigenvalue weighted by molar-refractivity contribution is 7.13. The van der Waals surface area contributed by atoms with Gasteiger partial charge in [0.15, 0.2) is 5.82 Å². The number of nitrogens with zero attached hydrogens (tertiary/aromatic N) is 3. The van der Waals surface area contributed by atoms with Crippen molar-refractivity contribution >= 4 is 39.0 Å². The Morgan fingerprint density at radius 2 is 2.26 bits per heavy atom. The van der Waals surface area contributed by atoms with Crippen molar-refractivity contribution in [2.75, 3.05) is 32.2 Å². The number of carbonyl (C=O) groups is 1. The Hall–Kier alpha value is -3.70. The van der Waals surface area contributed by atoms with Crippen LogP contribution in [0.2, 0.25) is 0 Å². The van der Waals surface area contributed by atoms with Crippen LogP contribution in [-0.2, 0) is 11.2 Å². The molecular weight excluding hydrogens is 468 g/mol. The summed E-state index contributed by atoms with van der Waals surface area (Å²) in [7, 11) is 1.58. The summed E-state index contributed by atoms with van der Waals surface area (Å²) in [5, 5.41) is 7.13. The van der Waals surface area contributed by atoms with Crippen LogP contribution in [0.3, 0.4) is 0 Å². The van der Waals surface area contributed by atoms with Gasteiger partial charge in [0.1, 0.15) is 12.4 Å². The predicted octanol–water partition coefficient (Wildman–Crippen LogP) is 3.68. The Balaban J connectivity index is 1.45. The van der Waals surface area contributed by atoms with Crippen LogP contribution >= 0.6 is 11.5 Å². The Morgan fingerprint density at radius 3 is 3.11 bits per heavy atom. The number of H-pyrrole nitrogens is 1. The van der Waals surface area contributed by atoms with E-state index in [1.165, 1.54) is 11.5 Å². The van der Waals surface area contributed by atoms with Gasteiger partial charge in [-0.05, 0) is 36.5 Å². The van der Waals surface area contributed by atoms with E-state index < -0.39 is 0 Å². The smallest absolute Gasteiger partial charge is 0.255 e. The standard InChI is InChI=1S/C24H24N6O4S/c1-32-24-19-17(6-9-27-24)35-30-22(19)29-21-18-15(5-8-26-23(18)31)28-20(21)14-4-7-25-11-16(14)34-12-13-3-2-10-33-13/h4,6-7,9,11,13,28H,2-3,5,8,10,12H2,1H3,(H,26,31)(H,29,30). The van der Waals surface area contributed by atoms with Gasteiger partial charge in [0, 0.05) is 43.2 Å². The van der Waals surface area contributed by atoms with Gasteiger partial charge < -0.3 is 29.8 Å². The third-order valence-corrected chi connectivity index (χ3v) is 7.07. The number of hydrogen-bond acceptors (Lipinski definition) is 9. The molecule has 0 aliphatic carbocycles. The first-order valence-corrected chi connectivity index (χ1v) is 12.3. The topological polar surface area (TPSA) is 123 Å². The van der Waals surface area contributed by atoms with E-state index in [4.69, 9.17) is 14.2 Å². The van der Waals surface area contributed by atoms with Crippen molar-refractivity contribution < 1.29 is 19.0 Å². The normalized spacial score (nSPS) is 17.3. The number of carbonyl (C=O) groups excluding carboxylic acids is 1. The van der Waals surface area contributed by atoms with Crippen LogP contribution in [0.15, 0.2) is 30.7 Å². The SMILES string of the molecule is COc1nccc2snc(Nc3c(-c4ccncc4OCC4CCCO4)[nH]c4c3C(=O)NCC4)c12. The van der Waals surface area contributed by atoms with Crippen LogP contribution in [0.1, 0.15) is 28.9 Å². The number of rotatable bonds is 7. The van der Waals surface area contributed by atoms with Crippen LogP contribution in [0, 0.1) is 0 Å². The number of ether oxygens (including phenoxy) is 3. The van der Waals surface area contributed by atoms with Crippen LogP contribution in [0.4, 0.5) is 11.5 Å². The molecule has 10 nitrogen and oxygen atoms in total. The zero-order valence-electron chi connectivity index (χ0n) is 19.1. The molecule has 0 aromatic carbocycles. The Labute approximate surface area is 205 Å². The monoisotopic (exact) mass is 492 g/mol. The van der Waals surface area contributed by atoms with E-state index in [-0.39, 0.29) is 12.0 Å². The van der Waals surface area contributed by atoms with Crippen molar-refractivity contribution in [3.05, 3.63) is 42.0 Å². The van der Waals surface area contributed by atoms with E-state index in [9.17, 15) is 4.79 Å². The van der Waals surface area contributed by atoms with Crippen molar-refractivity contribution in [2.24, 2.45) is 0 Å². The first-order valence-electron chi connectivity index (χ1n) is 11.5. The highest BCUT2D eigenvalue weighted by Gasteiger charge is 2.29. The number of aromatic nitrogens is 4. The molecule has 11 heteroatoms. The molecule has 3 N–H and O–H groups in total. The third-order valence-electron chi connectivity index (χ3n) is 6.25. The quantitative estimate of drug-likeness (QED) is 0.357. The second kappa shape index (κ2) is 9.16. The van der Waals surface area contributed by atoms with Crippen LogP contribution < -0.4 is 20.1 Å². The summed E-state index contributed by atoms with van der Waals surface area (Å²) in [4.78, 5) is 25.0. The largest absolute Gasteiger partial charge is 0.489 e. The van der Waals surface area contributed by atoms with Gasteiger partial charge >= 0.3 is 0 Å². The van der Waals surface area contributed by atoms with Gasteiger partial charge in [-0.15, -0.1) is 0 Å². The van der Waals surface area contributed by atoms with Crippen LogP contribution in [-0.4, -0.2) is 58.2 Å². The van der Waals surface area contributed by atoms with Gasteiger partial charge in [-0.1, -0.05) is 0 Å². The Kier molecular flexibility index (Phi) is 5.71.